The number of hydrogen-bond donors (Lipinski definition) is 2. The van der Waals surface area contributed by atoms with Gasteiger partial charge in [0.25, 0.3) is 0 Å². The number of carboxylic acids is 1. The standard InChI is InChI=1S/C15H23NO2/c1-2-3-4-5-6-14(16)11-12-7-9-13(10-8-12)15(17)18/h7-10,14H,2-6,11,16H2,1H3,(H,17,18). The van der Waals surface area contributed by atoms with Crippen molar-refractivity contribution in [2.45, 2.75) is 51.5 Å². The van der Waals surface area contributed by atoms with Crippen LogP contribution in [0.4, 0.5) is 0 Å². The number of carbonyl (C=O) groups is 1. The van der Waals surface area contributed by atoms with Crippen LogP contribution in [0.3, 0.4) is 0 Å². The zero-order valence-corrected chi connectivity index (χ0v) is 11.1. The van der Waals surface area contributed by atoms with Gasteiger partial charge >= 0.3 is 5.97 Å². The van der Waals surface area contributed by atoms with Gasteiger partial charge in [-0.2, -0.15) is 0 Å². The van der Waals surface area contributed by atoms with Gasteiger partial charge in [0, 0.05) is 6.04 Å². The van der Waals surface area contributed by atoms with Crippen LogP contribution in [0.15, 0.2) is 24.3 Å². The molecule has 0 fully saturated rings. The average molecular weight is 249 g/mol. The Kier molecular flexibility index (Phi) is 6.44. The van der Waals surface area contributed by atoms with Crippen LogP contribution in [0.25, 0.3) is 0 Å². The molecule has 0 heterocycles. The first-order valence-corrected chi connectivity index (χ1v) is 6.71. The molecule has 0 spiro atoms. The van der Waals surface area contributed by atoms with Crippen molar-refractivity contribution < 1.29 is 9.90 Å². The Balaban J connectivity index is 2.35. The van der Waals surface area contributed by atoms with Crippen molar-refractivity contribution in [1.82, 2.24) is 0 Å². The van der Waals surface area contributed by atoms with E-state index in [-0.39, 0.29) is 6.04 Å². The summed E-state index contributed by atoms with van der Waals surface area (Å²) < 4.78 is 0. The molecule has 3 nitrogen and oxygen atoms in total. The predicted octanol–water partition coefficient (Wildman–Crippen LogP) is 3.23. The fourth-order valence-corrected chi connectivity index (χ4v) is 2.02. The van der Waals surface area contributed by atoms with Crippen molar-refractivity contribution in [3.8, 4) is 0 Å². The topological polar surface area (TPSA) is 63.3 Å². The van der Waals surface area contributed by atoms with Gasteiger partial charge in [-0.1, -0.05) is 44.7 Å². The fourth-order valence-electron chi connectivity index (χ4n) is 2.02. The molecule has 0 aliphatic carbocycles. The highest BCUT2D eigenvalue weighted by molar-refractivity contribution is 5.87. The molecular weight excluding hydrogens is 226 g/mol. The summed E-state index contributed by atoms with van der Waals surface area (Å²) in [5.74, 6) is -0.884. The Morgan fingerprint density at radius 1 is 1.22 bits per heavy atom. The van der Waals surface area contributed by atoms with Gasteiger partial charge in [0.15, 0.2) is 0 Å². The van der Waals surface area contributed by atoms with E-state index in [4.69, 9.17) is 10.8 Å². The molecule has 0 radical (unpaired) electrons. The summed E-state index contributed by atoms with van der Waals surface area (Å²) in [6, 6.07) is 7.17. The van der Waals surface area contributed by atoms with Gasteiger partial charge in [0.05, 0.1) is 5.56 Å². The van der Waals surface area contributed by atoms with Gasteiger partial charge in [-0.3, -0.25) is 0 Å². The van der Waals surface area contributed by atoms with E-state index in [1.54, 1.807) is 12.1 Å². The van der Waals surface area contributed by atoms with Crippen LogP contribution >= 0.6 is 0 Å². The SMILES string of the molecule is CCCCCCC(N)Cc1ccc(C(=O)O)cc1. The molecule has 0 saturated carbocycles. The summed E-state index contributed by atoms with van der Waals surface area (Å²) in [4.78, 5) is 10.7. The normalized spacial score (nSPS) is 12.3. The van der Waals surface area contributed by atoms with E-state index in [0.29, 0.717) is 5.56 Å². The summed E-state index contributed by atoms with van der Waals surface area (Å²) >= 11 is 0. The van der Waals surface area contributed by atoms with Gasteiger partial charge in [0.2, 0.25) is 0 Å². The van der Waals surface area contributed by atoms with E-state index in [1.807, 2.05) is 12.1 Å². The lowest BCUT2D eigenvalue weighted by atomic mass is 10.00. The van der Waals surface area contributed by atoms with Gasteiger partial charge in [0.1, 0.15) is 0 Å². The lowest BCUT2D eigenvalue weighted by molar-refractivity contribution is 0.0697. The van der Waals surface area contributed by atoms with E-state index < -0.39 is 5.97 Å². The number of carboxylic acid groups (broad SMARTS) is 1. The minimum atomic E-state index is -0.884. The van der Waals surface area contributed by atoms with Crippen LogP contribution in [0, 0.1) is 0 Å². The van der Waals surface area contributed by atoms with Crippen LogP contribution in [0.5, 0.6) is 0 Å². The Hall–Kier alpha value is -1.35. The zero-order chi connectivity index (χ0) is 13.4. The summed E-state index contributed by atoms with van der Waals surface area (Å²) in [7, 11) is 0. The van der Waals surface area contributed by atoms with Crippen molar-refractivity contribution >= 4 is 5.97 Å². The van der Waals surface area contributed by atoms with E-state index in [1.165, 1.54) is 25.7 Å². The van der Waals surface area contributed by atoms with Gasteiger partial charge in [-0.05, 0) is 30.5 Å². The van der Waals surface area contributed by atoms with Crippen molar-refractivity contribution in [2.75, 3.05) is 0 Å². The van der Waals surface area contributed by atoms with Crippen LogP contribution in [0.2, 0.25) is 0 Å². The maximum atomic E-state index is 10.7. The minimum absolute atomic E-state index is 0.178. The van der Waals surface area contributed by atoms with Crippen LogP contribution in [0.1, 0.15) is 54.9 Å². The summed E-state index contributed by atoms with van der Waals surface area (Å²) in [6.45, 7) is 2.20. The first-order chi connectivity index (χ1) is 8.63. The predicted molar refractivity (Wildman–Crippen MR) is 73.8 cm³/mol. The smallest absolute Gasteiger partial charge is 0.335 e. The van der Waals surface area contributed by atoms with E-state index in [9.17, 15) is 4.79 Å². The zero-order valence-electron chi connectivity index (χ0n) is 11.1. The molecule has 0 amide bonds. The Morgan fingerprint density at radius 2 is 1.89 bits per heavy atom. The number of hydrogen-bond acceptors (Lipinski definition) is 2. The summed E-state index contributed by atoms with van der Waals surface area (Å²) in [5, 5.41) is 8.80. The maximum Gasteiger partial charge on any atom is 0.335 e. The lowest BCUT2D eigenvalue weighted by Gasteiger charge is -2.11. The molecule has 3 heteroatoms. The highest BCUT2D eigenvalue weighted by Crippen LogP contribution is 2.10. The van der Waals surface area contributed by atoms with Crippen LogP contribution in [-0.4, -0.2) is 17.1 Å². The van der Waals surface area contributed by atoms with E-state index in [0.717, 1.165) is 18.4 Å². The van der Waals surface area contributed by atoms with Crippen molar-refractivity contribution in [1.29, 1.82) is 0 Å². The Labute approximate surface area is 109 Å². The van der Waals surface area contributed by atoms with Gasteiger partial charge < -0.3 is 10.8 Å². The van der Waals surface area contributed by atoms with Crippen molar-refractivity contribution in [3.63, 3.8) is 0 Å². The summed E-state index contributed by atoms with van der Waals surface area (Å²) in [5.41, 5.74) is 7.51. The number of nitrogens with two attached hydrogens (primary N) is 1. The third-order valence-corrected chi connectivity index (χ3v) is 3.13. The highest BCUT2D eigenvalue weighted by Gasteiger charge is 2.06. The molecule has 1 aromatic rings. The first kappa shape index (κ1) is 14.7. The van der Waals surface area contributed by atoms with E-state index >= 15 is 0 Å². The molecule has 1 atom stereocenters. The lowest BCUT2D eigenvalue weighted by Crippen LogP contribution is -2.22. The Bertz CT molecular complexity index is 359. The molecule has 18 heavy (non-hydrogen) atoms. The van der Waals surface area contributed by atoms with E-state index in [2.05, 4.69) is 6.92 Å². The molecule has 0 bridgehead atoms. The average Bonchev–Trinajstić information content (AvgIpc) is 2.35. The molecule has 0 aliphatic rings. The first-order valence-electron chi connectivity index (χ1n) is 6.71. The number of aromatic carboxylic acids is 1. The highest BCUT2D eigenvalue weighted by atomic mass is 16.4. The second-order valence-electron chi connectivity index (χ2n) is 4.82. The molecule has 1 aromatic carbocycles. The minimum Gasteiger partial charge on any atom is -0.478 e. The molecule has 0 aromatic heterocycles. The molecule has 0 aliphatic heterocycles. The quantitative estimate of drug-likeness (QED) is 0.695. The molecule has 3 N–H and O–H groups in total. The second-order valence-corrected chi connectivity index (χ2v) is 4.82. The number of rotatable bonds is 8. The monoisotopic (exact) mass is 249 g/mol. The summed E-state index contributed by atoms with van der Waals surface area (Å²) in [6.07, 6.45) is 6.82. The molecule has 100 valence electrons. The second kappa shape index (κ2) is 7.88. The third kappa shape index (κ3) is 5.32. The molecular formula is C15H23NO2. The number of benzene rings is 1. The molecule has 1 unspecified atom stereocenters. The van der Waals surface area contributed by atoms with Crippen LogP contribution < -0.4 is 5.73 Å². The van der Waals surface area contributed by atoms with Crippen molar-refractivity contribution in [2.24, 2.45) is 5.73 Å². The van der Waals surface area contributed by atoms with Crippen molar-refractivity contribution in [3.05, 3.63) is 35.4 Å². The van der Waals surface area contributed by atoms with Gasteiger partial charge in [-0.25, -0.2) is 4.79 Å². The third-order valence-electron chi connectivity index (χ3n) is 3.13. The van der Waals surface area contributed by atoms with Gasteiger partial charge in [-0.15, -0.1) is 0 Å². The molecule has 1 rings (SSSR count). The Morgan fingerprint density at radius 3 is 2.44 bits per heavy atom. The fraction of sp³-hybridized carbons (Fsp3) is 0.533. The maximum absolute atomic E-state index is 10.7. The number of unbranched alkanes of at least 4 members (excludes halogenated alkanes) is 3. The molecule has 0 saturated heterocycles. The largest absolute Gasteiger partial charge is 0.478 e. The van der Waals surface area contributed by atoms with Crippen LogP contribution in [-0.2, 0) is 6.42 Å².